The molecule has 3 rings (SSSR count). The largest absolute Gasteiger partial charge is 0.479 e. The van der Waals surface area contributed by atoms with Crippen molar-refractivity contribution in [3.8, 4) is 22.9 Å². The molecule has 2 aromatic carbocycles. The SMILES string of the molecule is Cn1c(C(F)(F)F)cc(=O)n(-c2cc(Oc3ccccc3OCC(=O)O)c(Br)cc2F)c1=O. The number of alkyl halides is 3. The van der Waals surface area contributed by atoms with Gasteiger partial charge < -0.3 is 14.6 Å². The average Bonchev–Trinajstić information content (AvgIpc) is 2.72. The molecule has 0 bridgehead atoms. The lowest BCUT2D eigenvalue weighted by Crippen LogP contribution is -2.41. The Bertz CT molecular complexity index is 1350. The quantitative estimate of drug-likeness (QED) is 0.486. The van der Waals surface area contributed by atoms with Crippen LogP contribution in [0.15, 0.2) is 56.5 Å². The molecule has 0 fully saturated rings. The number of nitrogens with zero attached hydrogens (tertiary/aromatic N) is 2. The van der Waals surface area contributed by atoms with Gasteiger partial charge in [0.1, 0.15) is 17.3 Å². The van der Waals surface area contributed by atoms with Crippen LogP contribution < -0.4 is 20.7 Å². The number of carbonyl (C=O) groups is 1. The number of carboxylic acid groups (broad SMARTS) is 1. The second-order valence-corrected chi connectivity index (χ2v) is 7.36. The smallest absolute Gasteiger partial charge is 0.431 e. The molecule has 33 heavy (non-hydrogen) atoms. The van der Waals surface area contributed by atoms with Gasteiger partial charge in [-0.1, -0.05) is 12.1 Å². The highest BCUT2D eigenvalue weighted by Crippen LogP contribution is 2.37. The molecule has 0 aliphatic carbocycles. The standard InChI is InChI=1S/C20H13BrF4N2O6/c1-26-16(20(23,24)25)8-17(28)27(19(26)31)12-7-15(10(21)6-11(12)22)33-14-5-3-2-4-13(14)32-9-18(29)30/h2-8H,9H2,1H3,(H,29,30). The van der Waals surface area contributed by atoms with Gasteiger partial charge in [-0.25, -0.2) is 18.5 Å². The van der Waals surface area contributed by atoms with Crippen LogP contribution in [0.2, 0.25) is 0 Å². The molecule has 0 aliphatic rings. The van der Waals surface area contributed by atoms with Crippen molar-refractivity contribution in [1.29, 1.82) is 0 Å². The van der Waals surface area contributed by atoms with Gasteiger partial charge in [-0.2, -0.15) is 13.2 Å². The number of para-hydroxylation sites is 2. The van der Waals surface area contributed by atoms with E-state index in [0.717, 1.165) is 19.2 Å². The second kappa shape index (κ2) is 9.10. The fourth-order valence-corrected chi connectivity index (χ4v) is 3.20. The third-order valence-corrected chi connectivity index (χ3v) is 4.89. The Morgan fingerprint density at radius 2 is 1.73 bits per heavy atom. The first-order valence-electron chi connectivity index (χ1n) is 8.91. The summed E-state index contributed by atoms with van der Waals surface area (Å²) in [4.78, 5) is 35.6. The van der Waals surface area contributed by atoms with E-state index < -0.39 is 47.2 Å². The minimum absolute atomic E-state index is 0.0182. The van der Waals surface area contributed by atoms with Gasteiger partial charge in [0.2, 0.25) is 0 Å². The van der Waals surface area contributed by atoms with Gasteiger partial charge in [0.15, 0.2) is 18.1 Å². The van der Waals surface area contributed by atoms with Crippen LogP contribution in [0.5, 0.6) is 17.2 Å². The predicted octanol–water partition coefficient (Wildman–Crippen LogP) is 3.71. The van der Waals surface area contributed by atoms with Gasteiger partial charge >= 0.3 is 17.8 Å². The normalized spacial score (nSPS) is 11.3. The van der Waals surface area contributed by atoms with Crippen molar-refractivity contribution < 1.29 is 36.9 Å². The lowest BCUT2D eigenvalue weighted by molar-refractivity contribution is -0.144. The number of hydrogen-bond donors (Lipinski definition) is 1. The summed E-state index contributed by atoms with van der Waals surface area (Å²) in [6, 6.07) is 7.87. The number of halogens is 5. The van der Waals surface area contributed by atoms with E-state index >= 15 is 0 Å². The summed E-state index contributed by atoms with van der Waals surface area (Å²) in [6.07, 6.45) is -4.97. The average molecular weight is 533 g/mol. The highest BCUT2D eigenvalue weighted by Gasteiger charge is 2.35. The summed E-state index contributed by atoms with van der Waals surface area (Å²) in [5.74, 6) is -2.42. The number of aliphatic carboxylic acids is 1. The van der Waals surface area contributed by atoms with Gasteiger partial charge in [0.05, 0.1) is 10.2 Å². The van der Waals surface area contributed by atoms with E-state index in [4.69, 9.17) is 14.6 Å². The molecule has 8 nitrogen and oxygen atoms in total. The molecule has 0 saturated carbocycles. The molecule has 1 aromatic heterocycles. The van der Waals surface area contributed by atoms with E-state index in [9.17, 15) is 31.9 Å². The van der Waals surface area contributed by atoms with Gasteiger partial charge in [-0.05, 0) is 34.1 Å². The van der Waals surface area contributed by atoms with Crippen LogP contribution in [0.1, 0.15) is 5.69 Å². The van der Waals surface area contributed by atoms with Crippen molar-refractivity contribution in [2.75, 3.05) is 6.61 Å². The van der Waals surface area contributed by atoms with Gasteiger partial charge in [-0.3, -0.25) is 9.36 Å². The summed E-state index contributed by atoms with van der Waals surface area (Å²) in [7, 11) is 0.797. The molecular weight excluding hydrogens is 520 g/mol. The van der Waals surface area contributed by atoms with Crippen LogP contribution in [-0.2, 0) is 18.0 Å². The van der Waals surface area contributed by atoms with E-state index in [0.29, 0.717) is 0 Å². The summed E-state index contributed by atoms with van der Waals surface area (Å²) >= 11 is 3.07. The number of ether oxygens (including phenoxy) is 2. The second-order valence-electron chi connectivity index (χ2n) is 6.51. The highest BCUT2D eigenvalue weighted by atomic mass is 79.9. The zero-order valence-electron chi connectivity index (χ0n) is 16.5. The van der Waals surface area contributed by atoms with E-state index in [2.05, 4.69) is 15.9 Å². The van der Waals surface area contributed by atoms with E-state index in [1.807, 2.05) is 0 Å². The molecule has 0 amide bonds. The van der Waals surface area contributed by atoms with E-state index in [1.54, 1.807) is 6.07 Å². The molecular formula is C20H13BrF4N2O6. The molecule has 0 unspecified atom stereocenters. The number of carboxylic acids is 1. The molecule has 3 aromatic rings. The molecule has 0 atom stereocenters. The molecule has 0 aliphatic heterocycles. The maximum absolute atomic E-state index is 14.7. The Morgan fingerprint density at radius 3 is 2.33 bits per heavy atom. The Balaban J connectivity index is 2.12. The van der Waals surface area contributed by atoms with Crippen molar-refractivity contribution >= 4 is 21.9 Å². The number of benzene rings is 2. The molecule has 13 heteroatoms. The zero-order chi connectivity index (χ0) is 24.5. The van der Waals surface area contributed by atoms with Crippen molar-refractivity contribution in [2.45, 2.75) is 6.18 Å². The summed E-state index contributed by atoms with van der Waals surface area (Å²) in [5, 5.41) is 8.79. The Labute approximate surface area is 190 Å². The molecule has 0 saturated heterocycles. The van der Waals surface area contributed by atoms with E-state index in [-0.39, 0.29) is 36.9 Å². The van der Waals surface area contributed by atoms with Crippen molar-refractivity contribution in [3.05, 3.63) is 79.3 Å². The first-order valence-corrected chi connectivity index (χ1v) is 9.70. The fraction of sp³-hybridized carbons (Fsp3) is 0.150. The molecule has 0 radical (unpaired) electrons. The van der Waals surface area contributed by atoms with E-state index in [1.165, 1.54) is 18.2 Å². The lowest BCUT2D eigenvalue weighted by atomic mass is 10.2. The van der Waals surface area contributed by atoms with Gasteiger partial charge in [0, 0.05) is 19.2 Å². The molecule has 1 heterocycles. The van der Waals surface area contributed by atoms with Crippen LogP contribution in [0.3, 0.4) is 0 Å². The zero-order valence-corrected chi connectivity index (χ0v) is 18.1. The van der Waals surface area contributed by atoms with Crippen LogP contribution >= 0.6 is 15.9 Å². The van der Waals surface area contributed by atoms with Crippen molar-refractivity contribution in [2.24, 2.45) is 7.05 Å². The first kappa shape index (κ1) is 24.0. The van der Waals surface area contributed by atoms with Crippen molar-refractivity contribution in [3.63, 3.8) is 0 Å². The summed E-state index contributed by atoms with van der Waals surface area (Å²) in [5.41, 5.74) is -4.97. The van der Waals surface area contributed by atoms with Crippen LogP contribution in [0.25, 0.3) is 5.69 Å². The number of aromatic nitrogens is 2. The monoisotopic (exact) mass is 532 g/mol. The minimum Gasteiger partial charge on any atom is -0.479 e. The third-order valence-electron chi connectivity index (χ3n) is 4.27. The van der Waals surface area contributed by atoms with Gasteiger partial charge in [0.25, 0.3) is 5.56 Å². The Hall–Kier alpha value is -3.61. The maximum atomic E-state index is 14.7. The Morgan fingerprint density at radius 1 is 1.09 bits per heavy atom. The van der Waals surface area contributed by atoms with Crippen molar-refractivity contribution in [1.82, 2.24) is 9.13 Å². The van der Waals surface area contributed by atoms with Gasteiger partial charge in [-0.15, -0.1) is 0 Å². The van der Waals surface area contributed by atoms with Crippen LogP contribution in [0, 0.1) is 5.82 Å². The molecule has 1 N–H and O–H groups in total. The maximum Gasteiger partial charge on any atom is 0.431 e. The number of hydrogen-bond acceptors (Lipinski definition) is 5. The Kier molecular flexibility index (Phi) is 6.63. The third kappa shape index (κ3) is 5.08. The topological polar surface area (TPSA) is 99.8 Å². The minimum atomic E-state index is -4.97. The summed E-state index contributed by atoms with van der Waals surface area (Å²) < 4.78 is 65.1. The van der Waals surface area contributed by atoms with Crippen LogP contribution in [-0.4, -0.2) is 26.8 Å². The fourth-order valence-electron chi connectivity index (χ4n) is 2.80. The highest BCUT2D eigenvalue weighted by molar-refractivity contribution is 9.10. The van der Waals surface area contributed by atoms with Crippen LogP contribution in [0.4, 0.5) is 17.6 Å². The predicted molar refractivity (Wildman–Crippen MR) is 110 cm³/mol. The first-order chi connectivity index (χ1) is 15.4. The molecule has 174 valence electrons. The molecule has 0 spiro atoms. The number of rotatable bonds is 6. The lowest BCUT2D eigenvalue weighted by Gasteiger charge is -2.16. The summed E-state index contributed by atoms with van der Waals surface area (Å²) in [6.45, 7) is -0.673.